The lowest BCUT2D eigenvalue weighted by Gasteiger charge is -2.28. The number of nitrogens with zero attached hydrogens (tertiary/aromatic N) is 2. The third-order valence-corrected chi connectivity index (χ3v) is 5.31. The highest BCUT2D eigenvalue weighted by Gasteiger charge is 2.23. The first-order chi connectivity index (χ1) is 13.4. The predicted molar refractivity (Wildman–Crippen MR) is 106 cm³/mol. The maximum atomic E-state index is 13.6. The van der Waals surface area contributed by atoms with Gasteiger partial charge in [-0.1, -0.05) is 23.2 Å². The molecule has 0 bridgehead atoms. The molecular weight excluding hydrogens is 404 g/mol. The van der Waals surface area contributed by atoms with Crippen LogP contribution in [0.25, 0.3) is 11.4 Å². The van der Waals surface area contributed by atoms with Crippen LogP contribution in [-0.2, 0) is 19.5 Å². The summed E-state index contributed by atoms with van der Waals surface area (Å²) in [4.78, 5) is 22.0. The fraction of sp³-hybridized carbons (Fsp3) is 0.200. The lowest BCUT2D eigenvalue weighted by atomic mass is 10.0. The van der Waals surface area contributed by atoms with E-state index < -0.39 is 5.82 Å². The summed E-state index contributed by atoms with van der Waals surface area (Å²) < 4.78 is 13.6. The van der Waals surface area contributed by atoms with Gasteiger partial charge in [0, 0.05) is 42.2 Å². The number of nitrogens with one attached hydrogen (secondary N) is 1. The predicted octanol–water partition coefficient (Wildman–Crippen LogP) is 4.15. The molecule has 0 amide bonds. The van der Waals surface area contributed by atoms with Crippen molar-refractivity contribution in [2.75, 3.05) is 6.54 Å². The Balaban J connectivity index is 1.59. The van der Waals surface area contributed by atoms with Gasteiger partial charge in [-0.15, -0.1) is 0 Å². The van der Waals surface area contributed by atoms with E-state index in [-0.39, 0.29) is 22.9 Å². The molecule has 4 rings (SSSR count). The van der Waals surface area contributed by atoms with Crippen LogP contribution >= 0.6 is 23.2 Å². The van der Waals surface area contributed by atoms with Gasteiger partial charge in [-0.3, -0.25) is 9.69 Å². The Hall–Kier alpha value is -2.41. The van der Waals surface area contributed by atoms with Crippen molar-refractivity contribution in [2.45, 2.75) is 19.5 Å². The van der Waals surface area contributed by atoms with Gasteiger partial charge in [0.1, 0.15) is 17.4 Å². The highest BCUT2D eigenvalue weighted by Crippen LogP contribution is 2.30. The van der Waals surface area contributed by atoms with Crippen LogP contribution in [-0.4, -0.2) is 26.5 Å². The SMILES string of the molecule is O=c1[nH]c(-c2ccc(Cl)cc2)nc2c1CN(Cc1cc(F)cc(Cl)c1O)CC2. The Bertz CT molecular complexity index is 1100. The average Bonchev–Trinajstić information content (AvgIpc) is 2.66. The van der Waals surface area contributed by atoms with Crippen LogP contribution in [0.4, 0.5) is 4.39 Å². The molecule has 0 spiro atoms. The lowest BCUT2D eigenvalue weighted by Crippen LogP contribution is -2.35. The molecule has 1 aromatic heterocycles. The minimum atomic E-state index is -0.512. The first-order valence-electron chi connectivity index (χ1n) is 8.68. The van der Waals surface area contributed by atoms with Crippen LogP contribution in [0.3, 0.4) is 0 Å². The summed E-state index contributed by atoms with van der Waals surface area (Å²) in [6.07, 6.45) is 0.573. The molecule has 3 aromatic rings. The van der Waals surface area contributed by atoms with Gasteiger partial charge in [-0.2, -0.15) is 0 Å². The Morgan fingerprint density at radius 3 is 2.71 bits per heavy atom. The monoisotopic (exact) mass is 419 g/mol. The summed E-state index contributed by atoms with van der Waals surface area (Å²) in [6, 6.07) is 9.42. The molecule has 1 aliphatic heterocycles. The summed E-state index contributed by atoms with van der Waals surface area (Å²) in [5, 5.41) is 10.7. The summed E-state index contributed by atoms with van der Waals surface area (Å²) >= 11 is 11.8. The van der Waals surface area contributed by atoms with Crippen LogP contribution in [0, 0.1) is 5.82 Å². The van der Waals surface area contributed by atoms with E-state index in [4.69, 9.17) is 23.2 Å². The van der Waals surface area contributed by atoms with Crippen molar-refractivity contribution in [1.29, 1.82) is 0 Å². The first kappa shape index (κ1) is 18.9. The number of hydrogen-bond acceptors (Lipinski definition) is 4. The van der Waals surface area contributed by atoms with E-state index in [0.29, 0.717) is 41.5 Å². The number of phenolic OH excluding ortho intramolecular Hbond substituents is 1. The van der Waals surface area contributed by atoms with Crippen molar-refractivity contribution in [2.24, 2.45) is 0 Å². The van der Waals surface area contributed by atoms with Gasteiger partial charge >= 0.3 is 0 Å². The van der Waals surface area contributed by atoms with Crippen LogP contribution in [0.1, 0.15) is 16.8 Å². The molecule has 144 valence electrons. The third kappa shape index (κ3) is 3.76. The highest BCUT2D eigenvalue weighted by atomic mass is 35.5. The van der Waals surface area contributed by atoms with Crippen molar-refractivity contribution >= 4 is 23.2 Å². The van der Waals surface area contributed by atoms with E-state index in [1.54, 1.807) is 24.3 Å². The van der Waals surface area contributed by atoms with Crippen molar-refractivity contribution in [1.82, 2.24) is 14.9 Å². The summed E-state index contributed by atoms with van der Waals surface area (Å²) in [6.45, 7) is 1.25. The number of aromatic nitrogens is 2. The van der Waals surface area contributed by atoms with Gasteiger partial charge in [-0.05, 0) is 36.4 Å². The van der Waals surface area contributed by atoms with Gasteiger partial charge in [0.05, 0.1) is 16.3 Å². The molecule has 0 unspecified atom stereocenters. The van der Waals surface area contributed by atoms with Crippen molar-refractivity contribution < 1.29 is 9.50 Å². The van der Waals surface area contributed by atoms with Gasteiger partial charge in [0.2, 0.25) is 0 Å². The van der Waals surface area contributed by atoms with Gasteiger partial charge in [0.25, 0.3) is 5.56 Å². The van der Waals surface area contributed by atoms with Crippen molar-refractivity contribution in [3.63, 3.8) is 0 Å². The van der Waals surface area contributed by atoms with E-state index in [1.165, 1.54) is 6.07 Å². The third-order valence-electron chi connectivity index (χ3n) is 4.77. The highest BCUT2D eigenvalue weighted by molar-refractivity contribution is 6.32. The molecule has 28 heavy (non-hydrogen) atoms. The number of aromatic amines is 1. The minimum Gasteiger partial charge on any atom is -0.506 e. The van der Waals surface area contributed by atoms with Gasteiger partial charge < -0.3 is 10.1 Å². The lowest BCUT2D eigenvalue weighted by molar-refractivity contribution is 0.238. The van der Waals surface area contributed by atoms with Crippen molar-refractivity contribution in [3.8, 4) is 17.1 Å². The van der Waals surface area contributed by atoms with Crippen LogP contribution in [0.5, 0.6) is 5.75 Å². The Labute approximate surface area is 170 Å². The summed E-state index contributed by atoms with van der Waals surface area (Å²) in [5.74, 6) is -0.148. The molecular formula is C20H16Cl2FN3O2. The number of halogens is 3. The normalized spacial score (nSPS) is 14.1. The number of fused-ring (bicyclic) bond motifs is 1. The molecule has 2 heterocycles. The molecule has 1 aliphatic rings. The molecule has 0 saturated heterocycles. The number of phenols is 1. The summed E-state index contributed by atoms with van der Waals surface area (Å²) in [5.41, 5.74) is 2.28. The fourth-order valence-corrected chi connectivity index (χ4v) is 3.69. The molecule has 0 aliphatic carbocycles. The zero-order valence-electron chi connectivity index (χ0n) is 14.7. The number of benzene rings is 2. The molecule has 0 saturated carbocycles. The Morgan fingerprint density at radius 1 is 1.21 bits per heavy atom. The maximum absolute atomic E-state index is 13.6. The van der Waals surface area contributed by atoms with Crippen LogP contribution < -0.4 is 5.56 Å². The zero-order valence-corrected chi connectivity index (χ0v) is 16.2. The van der Waals surface area contributed by atoms with Crippen molar-refractivity contribution in [3.05, 3.63) is 79.4 Å². The first-order valence-corrected chi connectivity index (χ1v) is 9.43. The topological polar surface area (TPSA) is 69.2 Å². The largest absolute Gasteiger partial charge is 0.506 e. The molecule has 8 heteroatoms. The molecule has 2 N–H and O–H groups in total. The second-order valence-electron chi connectivity index (χ2n) is 6.70. The quantitative estimate of drug-likeness (QED) is 0.668. The van der Waals surface area contributed by atoms with Crippen LogP contribution in [0.15, 0.2) is 41.2 Å². The smallest absolute Gasteiger partial charge is 0.255 e. The van der Waals surface area contributed by atoms with E-state index >= 15 is 0 Å². The second kappa shape index (κ2) is 7.54. The molecule has 0 fully saturated rings. The second-order valence-corrected chi connectivity index (χ2v) is 7.55. The Morgan fingerprint density at radius 2 is 1.96 bits per heavy atom. The number of rotatable bonds is 3. The summed E-state index contributed by atoms with van der Waals surface area (Å²) in [7, 11) is 0. The number of hydrogen-bond donors (Lipinski definition) is 2. The number of H-pyrrole nitrogens is 1. The van der Waals surface area contributed by atoms with E-state index in [9.17, 15) is 14.3 Å². The van der Waals surface area contributed by atoms with Gasteiger partial charge in [-0.25, -0.2) is 9.37 Å². The minimum absolute atomic E-state index is 0.0282. The van der Waals surface area contributed by atoms with E-state index in [0.717, 1.165) is 17.3 Å². The zero-order chi connectivity index (χ0) is 19.8. The molecule has 5 nitrogen and oxygen atoms in total. The fourth-order valence-electron chi connectivity index (χ4n) is 3.34. The number of aromatic hydroxyl groups is 1. The standard InChI is InChI=1S/C20H16Cl2FN3O2/c21-13-3-1-11(2-4-13)19-24-17-5-6-26(10-15(17)20(28)25-19)9-12-7-14(23)8-16(22)18(12)27/h1-4,7-8,27H,5-6,9-10H2,(H,24,25,28). The van der Waals surface area contributed by atoms with Gasteiger partial charge in [0.15, 0.2) is 0 Å². The molecule has 2 aromatic carbocycles. The maximum Gasteiger partial charge on any atom is 0.255 e. The van der Waals surface area contributed by atoms with Crippen LogP contribution in [0.2, 0.25) is 10.0 Å². The molecule has 0 atom stereocenters. The average molecular weight is 420 g/mol. The van der Waals surface area contributed by atoms with E-state index in [1.807, 2.05) is 4.90 Å². The van der Waals surface area contributed by atoms with E-state index in [2.05, 4.69) is 9.97 Å². The molecule has 0 radical (unpaired) electrons. The Kier molecular flexibility index (Phi) is 5.10.